The zero-order valence-corrected chi connectivity index (χ0v) is 20.7. The van der Waals surface area contributed by atoms with Gasteiger partial charge in [-0.3, -0.25) is 9.78 Å². The second kappa shape index (κ2) is 11.1. The Hall–Kier alpha value is -4.14. The zero-order valence-electron chi connectivity index (χ0n) is 20.7. The molecule has 0 saturated carbocycles. The third kappa shape index (κ3) is 5.25. The third-order valence-corrected chi connectivity index (χ3v) is 6.28. The number of carbonyl (C=O) groups excluding carboxylic acids is 1. The number of hydrogen-bond acceptors (Lipinski definition) is 7. The number of ether oxygens (including phenoxy) is 1. The summed E-state index contributed by atoms with van der Waals surface area (Å²) in [5.74, 6) is 0.636. The molecule has 0 spiro atoms. The molecule has 1 amide bonds. The molecule has 1 unspecified atom stereocenters. The van der Waals surface area contributed by atoms with Gasteiger partial charge in [0.05, 0.1) is 23.4 Å². The fourth-order valence-corrected chi connectivity index (χ4v) is 4.06. The summed E-state index contributed by atoms with van der Waals surface area (Å²) < 4.78 is 20.1. The molecular formula is C27H29FN6O2. The third-order valence-electron chi connectivity index (χ3n) is 6.28. The van der Waals surface area contributed by atoms with E-state index in [4.69, 9.17) is 4.74 Å². The Bertz CT molecular complexity index is 1360. The Morgan fingerprint density at radius 2 is 1.92 bits per heavy atom. The molecule has 0 aliphatic carbocycles. The van der Waals surface area contributed by atoms with Crippen LogP contribution in [0.1, 0.15) is 42.6 Å². The van der Waals surface area contributed by atoms with Gasteiger partial charge in [-0.1, -0.05) is 19.9 Å². The standard InChI is InChI=1S/C27H29FN6O2/c1-5-36-24-9-6-18(14-32-24)22-12-23(34-15-33-22)31-13-16(2)17(3)19-7-8-21(28)25-20(27(35)29-4)10-11-30-26(19)25/h6-12,14-17H,5,13H2,1-4H3,(H,29,35)(H,31,33,34)/t16-,17?/m1/s1. The predicted molar refractivity (Wildman–Crippen MR) is 138 cm³/mol. The average Bonchev–Trinajstić information content (AvgIpc) is 2.91. The number of aromatic nitrogens is 4. The number of halogens is 1. The van der Waals surface area contributed by atoms with Crippen LogP contribution in [0, 0.1) is 11.7 Å². The molecule has 8 nitrogen and oxygen atoms in total. The summed E-state index contributed by atoms with van der Waals surface area (Å²) in [6.45, 7) is 7.27. The molecule has 9 heteroatoms. The van der Waals surface area contributed by atoms with Gasteiger partial charge in [-0.05, 0) is 42.5 Å². The van der Waals surface area contributed by atoms with Gasteiger partial charge >= 0.3 is 0 Å². The molecule has 4 aromatic rings. The number of carbonyl (C=O) groups is 1. The number of fused-ring (bicyclic) bond motifs is 1. The van der Waals surface area contributed by atoms with E-state index >= 15 is 0 Å². The van der Waals surface area contributed by atoms with Crippen molar-refractivity contribution in [3.8, 4) is 17.1 Å². The number of pyridine rings is 2. The molecular weight excluding hydrogens is 459 g/mol. The molecule has 0 saturated heterocycles. The number of anilines is 1. The number of nitrogens with one attached hydrogen (secondary N) is 2. The monoisotopic (exact) mass is 488 g/mol. The van der Waals surface area contributed by atoms with E-state index in [0.29, 0.717) is 30.4 Å². The predicted octanol–water partition coefficient (Wildman–Crippen LogP) is 4.84. The minimum Gasteiger partial charge on any atom is -0.478 e. The van der Waals surface area contributed by atoms with Crippen molar-refractivity contribution >= 4 is 22.6 Å². The second-order valence-corrected chi connectivity index (χ2v) is 8.55. The lowest BCUT2D eigenvalue weighted by Crippen LogP contribution is -2.20. The smallest absolute Gasteiger partial charge is 0.251 e. The maximum absolute atomic E-state index is 14.7. The van der Waals surface area contributed by atoms with Gasteiger partial charge in [0.1, 0.15) is 18.0 Å². The van der Waals surface area contributed by atoms with Crippen LogP contribution in [0.25, 0.3) is 22.2 Å². The van der Waals surface area contributed by atoms with Crippen molar-refractivity contribution in [3.63, 3.8) is 0 Å². The number of benzene rings is 1. The van der Waals surface area contributed by atoms with Crippen molar-refractivity contribution in [3.05, 3.63) is 72.1 Å². The Labute approximate surface area is 209 Å². The van der Waals surface area contributed by atoms with Crippen molar-refractivity contribution in [1.82, 2.24) is 25.3 Å². The lowest BCUT2D eigenvalue weighted by molar-refractivity contribution is 0.0964. The lowest BCUT2D eigenvalue weighted by atomic mass is 9.86. The molecule has 2 N–H and O–H groups in total. The molecule has 0 aliphatic heterocycles. The molecule has 0 radical (unpaired) electrons. The minimum atomic E-state index is -0.462. The lowest BCUT2D eigenvalue weighted by Gasteiger charge is -2.22. The van der Waals surface area contributed by atoms with Gasteiger partial charge in [0.15, 0.2) is 0 Å². The number of rotatable bonds is 9. The Kier molecular flexibility index (Phi) is 7.68. The van der Waals surface area contributed by atoms with E-state index in [-0.39, 0.29) is 28.7 Å². The minimum absolute atomic E-state index is 0.0321. The molecule has 0 bridgehead atoms. The molecule has 0 fully saturated rings. The largest absolute Gasteiger partial charge is 0.478 e. The van der Waals surface area contributed by atoms with Gasteiger partial charge in [-0.15, -0.1) is 0 Å². The summed E-state index contributed by atoms with van der Waals surface area (Å²) in [5, 5.41) is 6.19. The Balaban J connectivity index is 1.51. The maximum atomic E-state index is 14.7. The fraction of sp³-hybridized carbons (Fsp3) is 0.296. The van der Waals surface area contributed by atoms with Crippen molar-refractivity contribution in [2.75, 3.05) is 25.5 Å². The topological polar surface area (TPSA) is 102 Å². The molecule has 186 valence electrons. The molecule has 3 aromatic heterocycles. The quantitative estimate of drug-likeness (QED) is 0.348. The molecule has 4 rings (SSSR count). The average molecular weight is 489 g/mol. The summed E-state index contributed by atoms with van der Waals surface area (Å²) in [6, 6.07) is 10.3. The fourth-order valence-electron chi connectivity index (χ4n) is 4.06. The number of nitrogens with zero attached hydrogens (tertiary/aromatic N) is 4. The number of amides is 1. The first-order valence-corrected chi connectivity index (χ1v) is 11.9. The van der Waals surface area contributed by atoms with E-state index < -0.39 is 5.82 Å². The van der Waals surface area contributed by atoms with Crippen molar-refractivity contribution in [2.45, 2.75) is 26.7 Å². The zero-order chi connectivity index (χ0) is 25.7. The van der Waals surface area contributed by atoms with Crippen LogP contribution in [0.4, 0.5) is 10.2 Å². The molecule has 36 heavy (non-hydrogen) atoms. The molecule has 3 heterocycles. The van der Waals surface area contributed by atoms with Crippen LogP contribution in [-0.2, 0) is 0 Å². The van der Waals surface area contributed by atoms with Crippen molar-refractivity contribution in [1.29, 1.82) is 0 Å². The van der Waals surface area contributed by atoms with Gasteiger partial charge < -0.3 is 15.4 Å². The highest BCUT2D eigenvalue weighted by molar-refractivity contribution is 6.06. The van der Waals surface area contributed by atoms with Crippen LogP contribution in [-0.4, -0.2) is 46.0 Å². The van der Waals surface area contributed by atoms with Crippen LogP contribution in [0.2, 0.25) is 0 Å². The first-order chi connectivity index (χ1) is 17.4. The van der Waals surface area contributed by atoms with E-state index in [0.717, 1.165) is 16.8 Å². The highest BCUT2D eigenvalue weighted by atomic mass is 19.1. The van der Waals surface area contributed by atoms with E-state index in [1.54, 1.807) is 18.5 Å². The van der Waals surface area contributed by atoms with Crippen LogP contribution in [0.3, 0.4) is 0 Å². The molecule has 2 atom stereocenters. The van der Waals surface area contributed by atoms with Crippen LogP contribution >= 0.6 is 0 Å². The van der Waals surface area contributed by atoms with Crippen molar-refractivity contribution < 1.29 is 13.9 Å². The van der Waals surface area contributed by atoms with Crippen LogP contribution in [0.5, 0.6) is 5.88 Å². The van der Waals surface area contributed by atoms with Gasteiger partial charge in [0.25, 0.3) is 5.91 Å². The molecule has 0 aliphatic rings. The van der Waals surface area contributed by atoms with E-state index in [1.807, 2.05) is 25.1 Å². The summed E-state index contributed by atoms with van der Waals surface area (Å²) >= 11 is 0. The first kappa shape index (κ1) is 25.0. The molecule has 1 aromatic carbocycles. The Morgan fingerprint density at radius 1 is 1.08 bits per heavy atom. The summed E-state index contributed by atoms with van der Waals surface area (Å²) in [5.41, 5.74) is 3.27. The highest BCUT2D eigenvalue weighted by Crippen LogP contribution is 2.32. The summed E-state index contributed by atoms with van der Waals surface area (Å²) in [4.78, 5) is 29.7. The first-order valence-electron chi connectivity index (χ1n) is 11.9. The van der Waals surface area contributed by atoms with E-state index in [1.165, 1.54) is 25.5 Å². The van der Waals surface area contributed by atoms with E-state index in [2.05, 4.69) is 44.4 Å². The summed E-state index contributed by atoms with van der Waals surface area (Å²) in [6.07, 6.45) is 4.78. The normalized spacial score (nSPS) is 12.7. The summed E-state index contributed by atoms with van der Waals surface area (Å²) in [7, 11) is 1.53. The van der Waals surface area contributed by atoms with Gasteiger partial charge in [0.2, 0.25) is 5.88 Å². The van der Waals surface area contributed by atoms with Gasteiger partial charge in [-0.2, -0.15) is 0 Å². The van der Waals surface area contributed by atoms with Crippen LogP contribution in [0.15, 0.2) is 55.1 Å². The SMILES string of the molecule is CCOc1ccc(-c2cc(NC[C@@H](C)C(C)c3ccc(F)c4c(C(=O)NC)ccnc34)ncn2)cn1. The Morgan fingerprint density at radius 3 is 2.64 bits per heavy atom. The number of hydrogen-bond donors (Lipinski definition) is 2. The van der Waals surface area contributed by atoms with Crippen molar-refractivity contribution in [2.24, 2.45) is 5.92 Å². The maximum Gasteiger partial charge on any atom is 0.251 e. The van der Waals surface area contributed by atoms with Gasteiger partial charge in [-0.25, -0.2) is 19.3 Å². The van der Waals surface area contributed by atoms with Crippen LogP contribution < -0.4 is 15.4 Å². The van der Waals surface area contributed by atoms with E-state index in [9.17, 15) is 9.18 Å². The van der Waals surface area contributed by atoms with Gasteiger partial charge in [0, 0.05) is 49.1 Å². The second-order valence-electron chi connectivity index (χ2n) is 8.55. The highest BCUT2D eigenvalue weighted by Gasteiger charge is 2.22.